The minimum atomic E-state index is -0.298. The molecule has 6 rings (SSSR count). The molecule has 160 valence electrons. The van der Waals surface area contributed by atoms with E-state index in [2.05, 4.69) is 24.0 Å². The zero-order chi connectivity index (χ0) is 22.9. The Hall–Kier alpha value is -4.25. The number of nitrogens with zero attached hydrogens (tertiary/aromatic N) is 1. The molecule has 5 aromatic rings. The van der Waals surface area contributed by atoms with E-state index in [1.807, 2.05) is 38.1 Å². The molecule has 0 bridgehead atoms. The molecule has 0 N–H and O–H groups in total. The molecule has 0 atom stereocenters. The number of hydrogen-bond donors (Lipinski definition) is 0. The van der Waals surface area contributed by atoms with Gasteiger partial charge in [-0.1, -0.05) is 42.0 Å². The second kappa shape index (κ2) is 6.87. The quantitative estimate of drug-likeness (QED) is 0.231. The van der Waals surface area contributed by atoms with Crippen LogP contribution in [0.3, 0.4) is 0 Å². The van der Waals surface area contributed by atoms with Crippen LogP contribution in [-0.2, 0) is 0 Å². The predicted octanol–water partition coefficient (Wildman–Crippen LogP) is 6.63. The van der Waals surface area contributed by atoms with Crippen molar-refractivity contribution in [2.75, 3.05) is 0 Å². The summed E-state index contributed by atoms with van der Waals surface area (Å²) in [6.07, 6.45) is 1.48. The number of aromatic nitrogens is 1. The number of Topliss-reactive ketones (excluding diaryl/α,β-unsaturated/α-hetero) is 2. The zero-order valence-electron chi connectivity index (χ0n) is 18.4. The SMILES string of the molecule is Cc1cc(C)c(-c2nc3oc(C=C4C(=O)c5cc6ccccc6cc5C4=O)cc3o2)c(C)c1. The normalized spacial score (nSPS) is 13.4. The summed E-state index contributed by atoms with van der Waals surface area (Å²) < 4.78 is 11.8. The Kier molecular flexibility index (Phi) is 4.05. The van der Waals surface area contributed by atoms with Gasteiger partial charge < -0.3 is 8.83 Å². The second-order valence-corrected chi connectivity index (χ2v) is 8.57. The van der Waals surface area contributed by atoms with Crippen LogP contribution in [0.4, 0.5) is 0 Å². The van der Waals surface area contributed by atoms with Crippen molar-refractivity contribution in [3.63, 3.8) is 0 Å². The molecular formula is C28H19NO4. The van der Waals surface area contributed by atoms with Crippen molar-refractivity contribution in [2.24, 2.45) is 0 Å². The molecule has 0 radical (unpaired) electrons. The molecule has 3 aromatic carbocycles. The summed E-state index contributed by atoms with van der Waals surface area (Å²) in [6, 6.07) is 17.1. The summed E-state index contributed by atoms with van der Waals surface area (Å²) in [5.74, 6) is 0.251. The first-order valence-corrected chi connectivity index (χ1v) is 10.7. The third kappa shape index (κ3) is 2.97. The minimum Gasteiger partial charge on any atom is -0.436 e. The van der Waals surface area contributed by atoms with E-state index in [-0.39, 0.29) is 17.1 Å². The maximum absolute atomic E-state index is 13.0. The molecule has 0 spiro atoms. The van der Waals surface area contributed by atoms with Crippen molar-refractivity contribution in [3.8, 4) is 11.5 Å². The summed E-state index contributed by atoms with van der Waals surface area (Å²) in [5, 5.41) is 1.85. The molecule has 33 heavy (non-hydrogen) atoms. The molecule has 2 aromatic heterocycles. The van der Waals surface area contributed by atoms with Gasteiger partial charge >= 0.3 is 0 Å². The number of carbonyl (C=O) groups excluding carboxylic acids is 2. The molecule has 0 aliphatic heterocycles. The Balaban J connectivity index is 1.39. The van der Waals surface area contributed by atoms with Crippen molar-refractivity contribution in [1.29, 1.82) is 0 Å². The number of hydrogen-bond acceptors (Lipinski definition) is 5. The van der Waals surface area contributed by atoms with Crippen LogP contribution in [0.2, 0.25) is 0 Å². The molecule has 5 heteroatoms. The van der Waals surface area contributed by atoms with Gasteiger partial charge in [0.05, 0.1) is 5.57 Å². The molecule has 0 fully saturated rings. The van der Waals surface area contributed by atoms with Crippen LogP contribution in [0.5, 0.6) is 0 Å². The van der Waals surface area contributed by atoms with Crippen LogP contribution in [-0.4, -0.2) is 16.6 Å². The number of oxazole rings is 1. The lowest BCUT2D eigenvalue weighted by atomic mass is 10.00. The largest absolute Gasteiger partial charge is 0.436 e. The molecule has 0 saturated carbocycles. The van der Waals surface area contributed by atoms with E-state index in [0.29, 0.717) is 34.1 Å². The van der Waals surface area contributed by atoms with Crippen LogP contribution < -0.4 is 0 Å². The van der Waals surface area contributed by atoms with Gasteiger partial charge in [-0.25, -0.2) is 0 Å². The first kappa shape index (κ1) is 19.4. The van der Waals surface area contributed by atoms with E-state index in [1.54, 1.807) is 18.2 Å². The Morgan fingerprint density at radius 3 is 1.97 bits per heavy atom. The third-order valence-electron chi connectivity index (χ3n) is 6.15. The van der Waals surface area contributed by atoms with E-state index in [1.165, 1.54) is 11.6 Å². The maximum Gasteiger partial charge on any atom is 0.266 e. The number of rotatable bonds is 2. The van der Waals surface area contributed by atoms with Gasteiger partial charge in [-0.2, -0.15) is 4.98 Å². The number of carbonyl (C=O) groups is 2. The Bertz CT molecular complexity index is 1570. The van der Waals surface area contributed by atoms with Crippen molar-refractivity contribution >= 4 is 39.7 Å². The summed E-state index contributed by atoms with van der Waals surface area (Å²) in [4.78, 5) is 30.5. The Labute approximate surface area is 189 Å². The van der Waals surface area contributed by atoms with Crippen LogP contribution in [0.15, 0.2) is 69.0 Å². The van der Waals surface area contributed by atoms with Crippen molar-refractivity contribution in [2.45, 2.75) is 20.8 Å². The van der Waals surface area contributed by atoms with Gasteiger partial charge in [-0.15, -0.1) is 0 Å². The average Bonchev–Trinajstić information content (AvgIpc) is 3.39. The highest BCUT2D eigenvalue weighted by molar-refractivity contribution is 6.42. The van der Waals surface area contributed by atoms with Crippen molar-refractivity contribution in [3.05, 3.63) is 93.7 Å². The van der Waals surface area contributed by atoms with E-state index in [0.717, 1.165) is 27.5 Å². The topological polar surface area (TPSA) is 73.3 Å². The number of aryl methyl sites for hydroxylation is 3. The standard InChI is InChI=1S/C28H19NO4/c1-14-8-15(2)24(16(3)9-14)28-29-27-23(33-28)13-19(32-27)12-22-25(30)20-10-17-6-4-5-7-18(17)11-21(20)26(22)31/h4-13H,1-3H3. The van der Waals surface area contributed by atoms with Gasteiger partial charge in [0.25, 0.3) is 5.71 Å². The summed E-state index contributed by atoms with van der Waals surface area (Å²) in [5.41, 5.74) is 6.00. The lowest BCUT2D eigenvalue weighted by Gasteiger charge is -2.07. The summed E-state index contributed by atoms with van der Waals surface area (Å²) >= 11 is 0. The molecule has 2 heterocycles. The first-order chi connectivity index (χ1) is 15.9. The Morgan fingerprint density at radius 1 is 0.788 bits per heavy atom. The van der Waals surface area contributed by atoms with Crippen molar-refractivity contribution in [1.82, 2.24) is 4.98 Å². The molecule has 5 nitrogen and oxygen atoms in total. The lowest BCUT2D eigenvalue weighted by molar-refractivity contribution is 0.0990. The molecule has 0 unspecified atom stereocenters. The van der Waals surface area contributed by atoms with Gasteiger partial charge in [-0.05, 0) is 60.9 Å². The smallest absolute Gasteiger partial charge is 0.266 e. The fraction of sp³-hybridized carbons (Fsp3) is 0.107. The van der Waals surface area contributed by atoms with E-state index < -0.39 is 0 Å². The van der Waals surface area contributed by atoms with Gasteiger partial charge in [0, 0.05) is 22.8 Å². The fourth-order valence-electron chi connectivity index (χ4n) is 4.73. The fourth-order valence-corrected chi connectivity index (χ4v) is 4.73. The third-order valence-corrected chi connectivity index (χ3v) is 6.15. The summed E-state index contributed by atoms with van der Waals surface area (Å²) in [7, 11) is 0. The molecule has 1 aliphatic carbocycles. The van der Waals surface area contributed by atoms with Crippen molar-refractivity contribution < 1.29 is 18.4 Å². The number of ketones is 2. The highest BCUT2D eigenvalue weighted by Gasteiger charge is 2.34. The molecule has 0 amide bonds. The highest BCUT2D eigenvalue weighted by Crippen LogP contribution is 2.34. The Morgan fingerprint density at radius 2 is 1.39 bits per heavy atom. The summed E-state index contributed by atoms with van der Waals surface area (Å²) in [6.45, 7) is 6.10. The van der Waals surface area contributed by atoms with Crippen LogP contribution in [0.25, 0.3) is 39.6 Å². The maximum atomic E-state index is 13.0. The monoisotopic (exact) mass is 433 g/mol. The number of benzene rings is 3. The number of fused-ring (bicyclic) bond motifs is 3. The second-order valence-electron chi connectivity index (χ2n) is 8.57. The molecule has 0 saturated heterocycles. The van der Waals surface area contributed by atoms with Gasteiger partial charge in [0.2, 0.25) is 5.89 Å². The van der Waals surface area contributed by atoms with E-state index >= 15 is 0 Å². The zero-order valence-corrected chi connectivity index (χ0v) is 18.4. The van der Waals surface area contributed by atoms with Gasteiger partial charge in [0.15, 0.2) is 17.1 Å². The predicted molar refractivity (Wildman–Crippen MR) is 127 cm³/mol. The van der Waals surface area contributed by atoms with Crippen LogP contribution in [0, 0.1) is 20.8 Å². The first-order valence-electron chi connectivity index (χ1n) is 10.7. The van der Waals surface area contributed by atoms with Crippen LogP contribution >= 0.6 is 0 Å². The van der Waals surface area contributed by atoms with E-state index in [4.69, 9.17) is 8.83 Å². The number of furan rings is 1. The van der Waals surface area contributed by atoms with Crippen LogP contribution in [0.1, 0.15) is 43.2 Å². The number of allylic oxidation sites excluding steroid dienone is 1. The molecular weight excluding hydrogens is 414 g/mol. The highest BCUT2D eigenvalue weighted by atomic mass is 16.4. The molecule has 1 aliphatic rings. The van der Waals surface area contributed by atoms with Gasteiger partial charge in [-0.3, -0.25) is 9.59 Å². The lowest BCUT2D eigenvalue weighted by Crippen LogP contribution is -1.99. The van der Waals surface area contributed by atoms with Gasteiger partial charge in [0.1, 0.15) is 5.76 Å². The average molecular weight is 433 g/mol. The van der Waals surface area contributed by atoms with E-state index in [9.17, 15) is 9.59 Å². The minimum absolute atomic E-state index is 0.0853.